The molecule has 14 heavy (non-hydrogen) atoms. The molecule has 0 radical (unpaired) electrons. The Balaban J connectivity index is 2.94. The number of aromatic hydroxyl groups is 1. The first-order chi connectivity index (χ1) is 6.79. The Kier molecular flexibility index (Phi) is 3.80. The summed E-state index contributed by atoms with van der Waals surface area (Å²) in [5.74, 6) is 0.927. The van der Waals surface area contributed by atoms with Gasteiger partial charge in [0.2, 0.25) is 0 Å². The minimum absolute atomic E-state index is 0.242. The number of ether oxygens (including phenoxy) is 1. The number of benzene rings is 1. The van der Waals surface area contributed by atoms with Crippen molar-refractivity contribution in [2.45, 2.75) is 6.42 Å². The number of hydrogen-bond acceptors (Lipinski definition) is 2. The van der Waals surface area contributed by atoms with Crippen molar-refractivity contribution in [1.82, 2.24) is 0 Å². The van der Waals surface area contributed by atoms with Gasteiger partial charge in [-0.1, -0.05) is 24.8 Å². The van der Waals surface area contributed by atoms with Crippen molar-refractivity contribution in [3.8, 4) is 11.5 Å². The number of allylic oxidation sites excluding steroid dienone is 1. The predicted octanol–water partition coefficient (Wildman–Crippen LogP) is 2.69. The normalized spacial score (nSPS) is 9.43. The average molecular weight is 190 g/mol. The summed E-state index contributed by atoms with van der Waals surface area (Å²) in [6.45, 7) is 7.64. The molecule has 0 atom stereocenters. The number of phenolic OH excluding ortho intramolecular Hbond substituents is 1. The molecule has 0 aliphatic heterocycles. The zero-order chi connectivity index (χ0) is 10.4. The lowest BCUT2D eigenvalue weighted by Crippen LogP contribution is -1.97. The lowest BCUT2D eigenvalue weighted by atomic mass is 10.1. The predicted molar refractivity (Wildman–Crippen MR) is 57.7 cm³/mol. The molecule has 0 unspecified atom stereocenters. The maximum absolute atomic E-state index is 9.57. The molecule has 0 aliphatic rings. The van der Waals surface area contributed by atoms with E-state index in [2.05, 4.69) is 13.2 Å². The molecule has 1 aromatic carbocycles. The molecule has 0 spiro atoms. The van der Waals surface area contributed by atoms with E-state index < -0.39 is 0 Å². The first-order valence-electron chi connectivity index (χ1n) is 4.45. The Morgan fingerprint density at radius 2 is 2.07 bits per heavy atom. The maximum atomic E-state index is 9.57. The van der Waals surface area contributed by atoms with Crippen LogP contribution in [0.1, 0.15) is 5.56 Å². The average Bonchev–Trinajstić information content (AvgIpc) is 2.19. The molecule has 0 saturated heterocycles. The molecule has 0 aliphatic carbocycles. The second-order valence-corrected chi connectivity index (χ2v) is 2.85. The van der Waals surface area contributed by atoms with E-state index in [-0.39, 0.29) is 5.75 Å². The Labute approximate surface area is 84.1 Å². The van der Waals surface area contributed by atoms with Crippen molar-refractivity contribution in [3.63, 3.8) is 0 Å². The van der Waals surface area contributed by atoms with Gasteiger partial charge in [-0.3, -0.25) is 0 Å². The summed E-state index contributed by atoms with van der Waals surface area (Å²) in [6, 6.07) is 5.21. The van der Waals surface area contributed by atoms with E-state index in [1.54, 1.807) is 24.3 Å². The maximum Gasteiger partial charge on any atom is 0.126 e. The van der Waals surface area contributed by atoms with Crippen LogP contribution in [0, 0.1) is 0 Å². The van der Waals surface area contributed by atoms with Crippen molar-refractivity contribution in [2.75, 3.05) is 6.61 Å². The number of hydrogen-bond donors (Lipinski definition) is 1. The number of rotatable bonds is 5. The lowest BCUT2D eigenvalue weighted by Gasteiger charge is -2.09. The van der Waals surface area contributed by atoms with Gasteiger partial charge in [0.15, 0.2) is 0 Å². The molecule has 1 aromatic rings. The van der Waals surface area contributed by atoms with Crippen molar-refractivity contribution < 1.29 is 9.84 Å². The van der Waals surface area contributed by atoms with Crippen LogP contribution in [0.2, 0.25) is 0 Å². The van der Waals surface area contributed by atoms with Gasteiger partial charge >= 0.3 is 0 Å². The summed E-state index contributed by atoms with van der Waals surface area (Å²) < 4.78 is 5.39. The third-order valence-corrected chi connectivity index (χ3v) is 1.81. The Morgan fingerprint density at radius 3 is 2.71 bits per heavy atom. The molecule has 0 amide bonds. The summed E-state index contributed by atoms with van der Waals surface area (Å²) in [4.78, 5) is 0. The molecule has 1 rings (SSSR count). The van der Waals surface area contributed by atoms with Crippen LogP contribution in [0.4, 0.5) is 0 Å². The zero-order valence-corrected chi connectivity index (χ0v) is 8.07. The molecular formula is C12H14O2. The van der Waals surface area contributed by atoms with E-state index in [0.29, 0.717) is 18.8 Å². The lowest BCUT2D eigenvalue weighted by molar-refractivity contribution is 0.355. The van der Waals surface area contributed by atoms with E-state index >= 15 is 0 Å². The number of phenols is 1. The van der Waals surface area contributed by atoms with Gasteiger partial charge in [-0.15, -0.1) is 6.58 Å². The third kappa shape index (κ3) is 2.39. The van der Waals surface area contributed by atoms with Crippen LogP contribution < -0.4 is 4.74 Å². The Bertz CT molecular complexity index is 329. The van der Waals surface area contributed by atoms with Gasteiger partial charge in [-0.2, -0.15) is 0 Å². The largest absolute Gasteiger partial charge is 0.508 e. The van der Waals surface area contributed by atoms with Gasteiger partial charge in [0.25, 0.3) is 0 Å². The zero-order valence-electron chi connectivity index (χ0n) is 8.07. The van der Waals surface area contributed by atoms with Crippen LogP contribution in [0.15, 0.2) is 43.5 Å². The van der Waals surface area contributed by atoms with Gasteiger partial charge in [0.1, 0.15) is 18.1 Å². The smallest absolute Gasteiger partial charge is 0.126 e. The van der Waals surface area contributed by atoms with E-state index in [1.807, 2.05) is 6.07 Å². The molecule has 0 fully saturated rings. The first-order valence-corrected chi connectivity index (χ1v) is 4.45. The molecule has 2 nitrogen and oxygen atoms in total. The van der Waals surface area contributed by atoms with Gasteiger partial charge in [0.05, 0.1) is 0 Å². The molecule has 1 N–H and O–H groups in total. The Hall–Kier alpha value is -1.70. The first kappa shape index (κ1) is 10.4. The minimum atomic E-state index is 0.242. The van der Waals surface area contributed by atoms with Crippen LogP contribution >= 0.6 is 0 Å². The molecule has 74 valence electrons. The quantitative estimate of drug-likeness (QED) is 0.723. The summed E-state index contributed by atoms with van der Waals surface area (Å²) in [5.41, 5.74) is 0.768. The molecular weight excluding hydrogens is 176 g/mol. The minimum Gasteiger partial charge on any atom is -0.508 e. The summed E-state index contributed by atoms with van der Waals surface area (Å²) >= 11 is 0. The topological polar surface area (TPSA) is 29.5 Å². The standard InChI is InChI=1S/C12H14O2/c1-3-6-10-11(13)7-5-8-12(10)14-9-4-2/h3-5,7-8,13H,1-2,6,9H2. The highest BCUT2D eigenvalue weighted by Crippen LogP contribution is 2.28. The van der Waals surface area contributed by atoms with Gasteiger partial charge in [-0.05, 0) is 18.6 Å². The Morgan fingerprint density at radius 1 is 1.29 bits per heavy atom. The van der Waals surface area contributed by atoms with Gasteiger partial charge < -0.3 is 9.84 Å². The summed E-state index contributed by atoms with van der Waals surface area (Å²) in [7, 11) is 0. The van der Waals surface area contributed by atoms with Gasteiger partial charge in [-0.25, -0.2) is 0 Å². The van der Waals surface area contributed by atoms with Crippen molar-refractivity contribution in [2.24, 2.45) is 0 Å². The molecule has 0 heterocycles. The van der Waals surface area contributed by atoms with E-state index in [0.717, 1.165) is 5.56 Å². The van der Waals surface area contributed by atoms with E-state index in [9.17, 15) is 5.11 Å². The fourth-order valence-electron chi connectivity index (χ4n) is 1.19. The van der Waals surface area contributed by atoms with Crippen LogP contribution in [0.3, 0.4) is 0 Å². The molecule has 2 heteroatoms. The fourth-order valence-corrected chi connectivity index (χ4v) is 1.19. The van der Waals surface area contributed by atoms with E-state index in [4.69, 9.17) is 4.74 Å². The van der Waals surface area contributed by atoms with Crippen molar-refractivity contribution in [3.05, 3.63) is 49.1 Å². The SMILES string of the molecule is C=CCOc1cccc(O)c1CC=C. The summed E-state index contributed by atoms with van der Waals surface area (Å²) in [5, 5.41) is 9.57. The fraction of sp³-hybridized carbons (Fsp3) is 0.167. The monoisotopic (exact) mass is 190 g/mol. The summed E-state index contributed by atoms with van der Waals surface area (Å²) in [6.07, 6.45) is 4.00. The highest BCUT2D eigenvalue weighted by molar-refractivity contribution is 5.44. The highest BCUT2D eigenvalue weighted by Gasteiger charge is 2.06. The van der Waals surface area contributed by atoms with Crippen LogP contribution in [0.5, 0.6) is 11.5 Å². The van der Waals surface area contributed by atoms with Crippen molar-refractivity contribution >= 4 is 0 Å². The van der Waals surface area contributed by atoms with Crippen LogP contribution in [-0.2, 0) is 6.42 Å². The molecule has 0 bridgehead atoms. The molecule has 0 saturated carbocycles. The second kappa shape index (κ2) is 5.12. The molecule has 0 aromatic heterocycles. The van der Waals surface area contributed by atoms with Crippen LogP contribution in [-0.4, -0.2) is 11.7 Å². The van der Waals surface area contributed by atoms with Crippen molar-refractivity contribution in [1.29, 1.82) is 0 Å². The van der Waals surface area contributed by atoms with Gasteiger partial charge in [0, 0.05) is 5.56 Å². The van der Waals surface area contributed by atoms with Crippen LogP contribution in [0.25, 0.3) is 0 Å². The van der Waals surface area contributed by atoms with E-state index in [1.165, 1.54) is 0 Å². The second-order valence-electron chi connectivity index (χ2n) is 2.85. The highest BCUT2D eigenvalue weighted by atomic mass is 16.5. The third-order valence-electron chi connectivity index (χ3n) is 1.81.